The van der Waals surface area contributed by atoms with Crippen molar-refractivity contribution in [2.24, 2.45) is 0 Å². The molecule has 0 saturated heterocycles. The topological polar surface area (TPSA) is 101 Å². The monoisotopic (exact) mass is 445 g/mol. The van der Waals surface area contributed by atoms with Gasteiger partial charge in [-0.05, 0) is 24.3 Å². The SMILES string of the molecule is O=C(CC1Sc2ccc(C(F)(F)F)cc2NC1=O)Nc1cc([N+](=O)[O-])ccc1Cl. The lowest BCUT2D eigenvalue weighted by Gasteiger charge is -2.24. The van der Waals surface area contributed by atoms with E-state index in [1.807, 2.05) is 0 Å². The van der Waals surface area contributed by atoms with Crippen LogP contribution in [0.4, 0.5) is 30.2 Å². The second kappa shape index (κ2) is 7.91. The summed E-state index contributed by atoms with van der Waals surface area (Å²) in [5, 5.41) is 14.8. The molecule has 1 heterocycles. The molecule has 0 saturated carbocycles. The number of hydrogen-bond donors (Lipinski definition) is 2. The van der Waals surface area contributed by atoms with E-state index in [1.165, 1.54) is 18.2 Å². The first-order valence-corrected chi connectivity index (χ1v) is 9.23. The van der Waals surface area contributed by atoms with Crippen LogP contribution >= 0.6 is 23.4 Å². The van der Waals surface area contributed by atoms with Crippen molar-refractivity contribution in [1.82, 2.24) is 0 Å². The summed E-state index contributed by atoms with van der Waals surface area (Å²) in [5.74, 6) is -1.25. The number of nitrogens with zero attached hydrogens (tertiary/aromatic N) is 1. The molecule has 152 valence electrons. The Hall–Kier alpha value is -2.79. The van der Waals surface area contributed by atoms with E-state index in [9.17, 15) is 32.9 Å². The number of amides is 2. The van der Waals surface area contributed by atoms with Crippen LogP contribution in [-0.4, -0.2) is 22.0 Å². The van der Waals surface area contributed by atoms with Crippen molar-refractivity contribution in [1.29, 1.82) is 0 Å². The number of nitro groups is 1. The molecule has 12 heteroatoms. The number of halogens is 4. The first-order chi connectivity index (χ1) is 13.5. The normalized spacial score (nSPS) is 16.0. The van der Waals surface area contributed by atoms with Gasteiger partial charge in [0.25, 0.3) is 5.69 Å². The number of benzene rings is 2. The Kier molecular flexibility index (Phi) is 5.71. The third kappa shape index (κ3) is 4.80. The zero-order valence-electron chi connectivity index (χ0n) is 14.2. The van der Waals surface area contributed by atoms with E-state index < -0.39 is 33.7 Å². The van der Waals surface area contributed by atoms with Gasteiger partial charge in [-0.1, -0.05) is 11.6 Å². The minimum Gasteiger partial charge on any atom is -0.325 e. The summed E-state index contributed by atoms with van der Waals surface area (Å²) in [7, 11) is 0. The predicted molar refractivity (Wildman–Crippen MR) is 101 cm³/mol. The summed E-state index contributed by atoms with van der Waals surface area (Å²) in [4.78, 5) is 35.1. The zero-order chi connectivity index (χ0) is 21.3. The van der Waals surface area contributed by atoms with Gasteiger partial charge >= 0.3 is 6.18 Å². The quantitative estimate of drug-likeness (QED) is 0.524. The van der Waals surface area contributed by atoms with Crippen molar-refractivity contribution in [3.63, 3.8) is 0 Å². The van der Waals surface area contributed by atoms with Gasteiger partial charge < -0.3 is 10.6 Å². The molecular formula is C17H11ClF3N3O4S. The Morgan fingerprint density at radius 3 is 2.66 bits per heavy atom. The van der Waals surface area contributed by atoms with Crippen molar-refractivity contribution in [2.45, 2.75) is 22.7 Å². The molecule has 0 radical (unpaired) electrons. The summed E-state index contributed by atoms with van der Waals surface area (Å²) in [6, 6.07) is 6.47. The Morgan fingerprint density at radius 1 is 1.28 bits per heavy atom. The summed E-state index contributed by atoms with van der Waals surface area (Å²) in [6.45, 7) is 0. The molecule has 3 rings (SSSR count). The van der Waals surface area contributed by atoms with Gasteiger partial charge in [0.2, 0.25) is 11.8 Å². The van der Waals surface area contributed by atoms with Crippen LogP contribution in [0, 0.1) is 10.1 Å². The van der Waals surface area contributed by atoms with Crippen LogP contribution in [0.2, 0.25) is 5.02 Å². The molecule has 2 aromatic carbocycles. The first-order valence-electron chi connectivity index (χ1n) is 7.97. The van der Waals surface area contributed by atoms with Crippen LogP contribution in [0.3, 0.4) is 0 Å². The maximum atomic E-state index is 12.8. The van der Waals surface area contributed by atoms with Gasteiger partial charge in [-0.25, -0.2) is 0 Å². The van der Waals surface area contributed by atoms with Crippen molar-refractivity contribution in [3.05, 3.63) is 57.1 Å². The molecule has 1 aliphatic heterocycles. The molecular weight excluding hydrogens is 435 g/mol. The van der Waals surface area contributed by atoms with Gasteiger partial charge in [0.05, 0.1) is 32.1 Å². The second-order valence-electron chi connectivity index (χ2n) is 5.98. The third-order valence-electron chi connectivity index (χ3n) is 3.93. The number of nitrogens with one attached hydrogen (secondary N) is 2. The minimum absolute atomic E-state index is 0.0160. The molecule has 1 atom stereocenters. The van der Waals surface area contributed by atoms with Crippen LogP contribution in [0.5, 0.6) is 0 Å². The lowest BCUT2D eigenvalue weighted by molar-refractivity contribution is -0.384. The van der Waals surface area contributed by atoms with E-state index in [1.54, 1.807) is 0 Å². The average Bonchev–Trinajstić information content (AvgIpc) is 2.62. The zero-order valence-corrected chi connectivity index (χ0v) is 15.8. The number of hydrogen-bond acceptors (Lipinski definition) is 5. The van der Waals surface area contributed by atoms with Crippen LogP contribution in [0.1, 0.15) is 12.0 Å². The van der Waals surface area contributed by atoms with E-state index >= 15 is 0 Å². The van der Waals surface area contributed by atoms with Crippen LogP contribution in [-0.2, 0) is 15.8 Å². The molecule has 0 aliphatic carbocycles. The average molecular weight is 446 g/mol. The molecule has 0 aromatic heterocycles. The third-order valence-corrected chi connectivity index (χ3v) is 5.54. The summed E-state index contributed by atoms with van der Waals surface area (Å²) in [6.07, 6.45) is -4.85. The number of carbonyl (C=O) groups is 2. The van der Waals surface area contributed by atoms with E-state index in [2.05, 4.69) is 10.6 Å². The number of nitro benzene ring substituents is 1. The Labute approximate surface area is 170 Å². The lowest BCUT2D eigenvalue weighted by atomic mass is 10.1. The Morgan fingerprint density at radius 2 is 2.00 bits per heavy atom. The van der Waals surface area contributed by atoms with Crippen LogP contribution in [0.25, 0.3) is 0 Å². The lowest BCUT2D eigenvalue weighted by Crippen LogP contribution is -2.32. The van der Waals surface area contributed by atoms with Crippen molar-refractivity contribution in [3.8, 4) is 0 Å². The number of anilines is 2. The molecule has 7 nitrogen and oxygen atoms in total. The first kappa shape index (κ1) is 20.9. The van der Waals surface area contributed by atoms with Crippen LogP contribution < -0.4 is 10.6 Å². The standard InChI is InChI=1S/C17H11ClF3N3O4S/c18-10-3-2-9(24(27)28)6-11(10)22-15(25)7-14-16(26)23-12-5-8(17(19,20)21)1-4-13(12)29-14/h1-6,14H,7H2,(H,22,25)(H,23,26). The van der Waals surface area contributed by atoms with Gasteiger partial charge in [0, 0.05) is 23.4 Å². The van der Waals surface area contributed by atoms with Crippen molar-refractivity contribution in [2.75, 3.05) is 10.6 Å². The van der Waals surface area contributed by atoms with E-state index in [0.717, 1.165) is 30.0 Å². The van der Waals surface area contributed by atoms with Gasteiger partial charge in [0.1, 0.15) is 0 Å². The highest BCUT2D eigenvalue weighted by molar-refractivity contribution is 8.01. The molecule has 1 unspecified atom stereocenters. The largest absolute Gasteiger partial charge is 0.416 e. The Balaban J connectivity index is 1.72. The number of carbonyl (C=O) groups excluding carboxylic acids is 2. The summed E-state index contributed by atoms with van der Waals surface area (Å²) >= 11 is 6.88. The number of non-ortho nitro benzene ring substituents is 1. The minimum atomic E-state index is -4.54. The second-order valence-corrected chi connectivity index (χ2v) is 7.63. The number of fused-ring (bicyclic) bond motifs is 1. The van der Waals surface area contributed by atoms with E-state index in [-0.39, 0.29) is 28.5 Å². The van der Waals surface area contributed by atoms with Crippen LogP contribution in [0.15, 0.2) is 41.3 Å². The van der Waals surface area contributed by atoms with E-state index in [4.69, 9.17) is 11.6 Å². The molecule has 0 spiro atoms. The Bertz CT molecular complexity index is 1020. The molecule has 1 aliphatic rings. The van der Waals surface area contributed by atoms with Gasteiger partial charge in [-0.15, -0.1) is 11.8 Å². The van der Waals surface area contributed by atoms with Crippen molar-refractivity contribution >= 4 is 52.2 Å². The molecule has 29 heavy (non-hydrogen) atoms. The molecule has 2 amide bonds. The van der Waals surface area contributed by atoms with E-state index in [0.29, 0.717) is 4.90 Å². The fourth-order valence-corrected chi connectivity index (χ4v) is 3.81. The highest BCUT2D eigenvalue weighted by Crippen LogP contribution is 2.40. The summed E-state index contributed by atoms with van der Waals surface area (Å²) in [5.41, 5.74) is -1.13. The number of alkyl halides is 3. The highest BCUT2D eigenvalue weighted by Gasteiger charge is 2.34. The van der Waals surface area contributed by atoms with Gasteiger partial charge in [-0.2, -0.15) is 13.2 Å². The molecule has 0 fully saturated rings. The smallest absolute Gasteiger partial charge is 0.325 e. The highest BCUT2D eigenvalue weighted by atomic mass is 35.5. The number of thioether (sulfide) groups is 1. The number of rotatable bonds is 4. The molecule has 2 N–H and O–H groups in total. The molecule has 0 bridgehead atoms. The van der Waals surface area contributed by atoms with Gasteiger partial charge in [0.15, 0.2) is 0 Å². The fourth-order valence-electron chi connectivity index (χ4n) is 2.55. The maximum Gasteiger partial charge on any atom is 0.416 e. The maximum absolute atomic E-state index is 12.8. The van der Waals surface area contributed by atoms with Gasteiger partial charge in [-0.3, -0.25) is 19.7 Å². The fraction of sp³-hybridized carbons (Fsp3) is 0.176. The predicted octanol–water partition coefficient (Wildman–Crippen LogP) is 4.71. The molecule has 2 aromatic rings. The summed E-state index contributed by atoms with van der Waals surface area (Å²) < 4.78 is 38.4. The van der Waals surface area contributed by atoms with Crippen molar-refractivity contribution < 1.29 is 27.7 Å².